The lowest BCUT2D eigenvalue weighted by Crippen LogP contribution is -2.35. The predicted molar refractivity (Wildman–Crippen MR) is 154 cm³/mol. The van der Waals surface area contributed by atoms with Crippen molar-refractivity contribution < 1.29 is 24.0 Å². The normalized spacial score (nSPS) is 14.2. The highest BCUT2D eigenvalue weighted by Gasteiger charge is 2.40. The number of anilines is 1. The van der Waals surface area contributed by atoms with E-state index in [2.05, 4.69) is 15.9 Å². The molecule has 1 fully saturated rings. The summed E-state index contributed by atoms with van der Waals surface area (Å²) in [5, 5.41) is 11.3. The van der Waals surface area contributed by atoms with Gasteiger partial charge in [0.15, 0.2) is 5.11 Å². The van der Waals surface area contributed by atoms with Crippen LogP contribution in [-0.2, 0) is 27.4 Å². The monoisotopic (exact) mass is 609 g/mol. The van der Waals surface area contributed by atoms with E-state index in [4.69, 9.17) is 21.7 Å². The van der Waals surface area contributed by atoms with E-state index in [0.717, 1.165) is 16.5 Å². The van der Waals surface area contributed by atoms with Crippen molar-refractivity contribution >= 4 is 62.6 Å². The highest BCUT2D eigenvalue weighted by atomic mass is 79.9. The van der Waals surface area contributed by atoms with Gasteiger partial charge in [0.05, 0.1) is 17.7 Å². The van der Waals surface area contributed by atoms with Crippen LogP contribution < -0.4 is 9.64 Å². The maximum atomic E-state index is 13.7. The molecule has 39 heavy (non-hydrogen) atoms. The van der Waals surface area contributed by atoms with Gasteiger partial charge in [-0.15, -0.1) is 0 Å². The molecule has 0 atom stereocenters. The Bertz CT molecular complexity index is 1470. The summed E-state index contributed by atoms with van der Waals surface area (Å²) in [6, 6.07) is 18.9. The third kappa shape index (κ3) is 6.32. The Morgan fingerprint density at radius 1 is 1.10 bits per heavy atom. The molecule has 4 rings (SSSR count). The van der Waals surface area contributed by atoms with Gasteiger partial charge in [-0.25, -0.2) is 0 Å². The van der Waals surface area contributed by atoms with Crippen LogP contribution in [0.4, 0.5) is 11.4 Å². The van der Waals surface area contributed by atoms with Crippen LogP contribution in [0.3, 0.4) is 0 Å². The van der Waals surface area contributed by atoms with Crippen LogP contribution in [0, 0.1) is 10.1 Å². The van der Waals surface area contributed by atoms with Crippen molar-refractivity contribution in [3.05, 3.63) is 104 Å². The fraction of sp³-hybridized carbons (Fsp3) is 0.179. The SMILES string of the molecule is CCc1ccc(N2C(=O)/C(=C/c3cc(Br)ccc3OCc3cccc([N+](=O)[O-])c3)N(CC(=O)OC)C2=S)cc1. The van der Waals surface area contributed by atoms with Crippen molar-refractivity contribution in [1.82, 2.24) is 4.90 Å². The van der Waals surface area contributed by atoms with Crippen LogP contribution in [0.2, 0.25) is 0 Å². The molecule has 1 aliphatic heterocycles. The number of esters is 1. The highest BCUT2D eigenvalue weighted by Crippen LogP contribution is 2.33. The average molecular weight is 610 g/mol. The van der Waals surface area contributed by atoms with Crippen LogP contribution in [0.25, 0.3) is 6.08 Å². The summed E-state index contributed by atoms with van der Waals surface area (Å²) in [4.78, 5) is 39.4. The van der Waals surface area contributed by atoms with Crippen LogP contribution in [0.5, 0.6) is 5.75 Å². The molecule has 0 N–H and O–H groups in total. The second-order valence-corrected chi connectivity index (χ2v) is 9.81. The molecule has 1 heterocycles. The summed E-state index contributed by atoms with van der Waals surface area (Å²) < 4.78 is 11.6. The summed E-state index contributed by atoms with van der Waals surface area (Å²) in [5.74, 6) is -0.534. The summed E-state index contributed by atoms with van der Waals surface area (Å²) in [6.45, 7) is 1.85. The lowest BCUT2D eigenvalue weighted by atomic mass is 10.1. The van der Waals surface area contributed by atoms with Crippen LogP contribution in [0.15, 0.2) is 76.9 Å². The first-order chi connectivity index (χ1) is 18.7. The molecule has 1 aliphatic rings. The number of non-ortho nitro benzene ring substituents is 1. The predicted octanol–water partition coefficient (Wildman–Crippen LogP) is 5.65. The number of nitrogens with zero attached hydrogens (tertiary/aromatic N) is 3. The zero-order valence-electron chi connectivity index (χ0n) is 21.1. The number of hydrogen-bond acceptors (Lipinski definition) is 7. The second kappa shape index (κ2) is 12.2. The minimum atomic E-state index is -0.560. The molecule has 0 aliphatic carbocycles. The minimum Gasteiger partial charge on any atom is -0.488 e. The number of amides is 1. The molecule has 11 heteroatoms. The molecule has 0 unspecified atom stereocenters. The number of benzene rings is 3. The Morgan fingerprint density at radius 2 is 1.85 bits per heavy atom. The van der Waals surface area contributed by atoms with E-state index >= 15 is 0 Å². The standard InChI is InChI=1S/C28H24BrN3O6S/c1-3-18-7-10-22(11-8-18)31-27(34)24(30(28(31)39)16-26(33)37-2)15-20-14-21(29)9-12-25(20)38-17-19-5-4-6-23(13-19)32(35)36/h4-15H,3,16-17H2,1-2H3/b24-15-. The molecule has 0 spiro atoms. The molecule has 200 valence electrons. The fourth-order valence-electron chi connectivity index (χ4n) is 3.97. The molecular formula is C28H24BrN3O6S. The Morgan fingerprint density at radius 3 is 2.51 bits per heavy atom. The van der Waals surface area contributed by atoms with E-state index in [1.54, 1.807) is 36.4 Å². The van der Waals surface area contributed by atoms with Crippen LogP contribution in [0.1, 0.15) is 23.6 Å². The van der Waals surface area contributed by atoms with Crippen molar-refractivity contribution in [2.75, 3.05) is 18.6 Å². The van der Waals surface area contributed by atoms with Gasteiger partial charge in [0.2, 0.25) is 0 Å². The number of ether oxygens (including phenoxy) is 2. The van der Waals surface area contributed by atoms with Gasteiger partial charge in [0, 0.05) is 22.2 Å². The maximum absolute atomic E-state index is 13.7. The average Bonchev–Trinajstić information content (AvgIpc) is 3.16. The first kappa shape index (κ1) is 27.9. The quantitative estimate of drug-likeness (QED) is 0.101. The Hall–Kier alpha value is -4.09. The van der Waals surface area contributed by atoms with Gasteiger partial charge in [-0.2, -0.15) is 0 Å². The number of hydrogen-bond donors (Lipinski definition) is 0. The molecule has 0 bridgehead atoms. The van der Waals surface area contributed by atoms with Gasteiger partial charge in [-0.1, -0.05) is 47.1 Å². The Labute approximate surface area is 238 Å². The number of carbonyl (C=O) groups excluding carboxylic acids is 2. The van der Waals surface area contributed by atoms with E-state index in [0.29, 0.717) is 22.6 Å². The van der Waals surface area contributed by atoms with E-state index in [-0.39, 0.29) is 29.6 Å². The van der Waals surface area contributed by atoms with Gasteiger partial charge < -0.3 is 14.4 Å². The summed E-state index contributed by atoms with van der Waals surface area (Å²) in [6.07, 6.45) is 2.45. The van der Waals surface area contributed by atoms with Gasteiger partial charge in [0.25, 0.3) is 11.6 Å². The fourth-order valence-corrected chi connectivity index (χ4v) is 4.70. The maximum Gasteiger partial charge on any atom is 0.325 e. The lowest BCUT2D eigenvalue weighted by molar-refractivity contribution is -0.384. The summed E-state index contributed by atoms with van der Waals surface area (Å²) >= 11 is 9.09. The minimum absolute atomic E-state index is 0.0372. The Balaban J connectivity index is 1.70. The zero-order valence-corrected chi connectivity index (χ0v) is 23.5. The first-order valence-electron chi connectivity index (χ1n) is 11.9. The van der Waals surface area contributed by atoms with E-state index in [1.165, 1.54) is 29.0 Å². The third-order valence-electron chi connectivity index (χ3n) is 6.03. The molecule has 0 aromatic heterocycles. The number of nitro groups is 1. The molecule has 3 aromatic rings. The van der Waals surface area contributed by atoms with Crippen LogP contribution >= 0.6 is 28.1 Å². The molecule has 9 nitrogen and oxygen atoms in total. The van der Waals surface area contributed by atoms with Crippen molar-refractivity contribution in [3.63, 3.8) is 0 Å². The van der Waals surface area contributed by atoms with Crippen molar-refractivity contribution in [1.29, 1.82) is 0 Å². The number of rotatable bonds is 9. The molecule has 3 aromatic carbocycles. The zero-order chi connectivity index (χ0) is 28.1. The van der Waals surface area contributed by atoms with Crippen molar-refractivity contribution in [2.24, 2.45) is 0 Å². The van der Waals surface area contributed by atoms with E-state index in [9.17, 15) is 19.7 Å². The summed E-state index contributed by atoms with van der Waals surface area (Å²) in [5.41, 5.74) is 2.97. The van der Waals surface area contributed by atoms with Crippen molar-refractivity contribution in [2.45, 2.75) is 20.0 Å². The lowest BCUT2D eigenvalue weighted by Gasteiger charge is -2.19. The van der Waals surface area contributed by atoms with Crippen LogP contribution in [-0.4, -0.2) is 40.5 Å². The number of nitro benzene ring substituents is 1. The van der Waals surface area contributed by atoms with Gasteiger partial charge in [-0.3, -0.25) is 24.6 Å². The van der Waals surface area contributed by atoms with Gasteiger partial charge >= 0.3 is 5.97 Å². The number of aryl methyl sites for hydroxylation is 1. The number of carbonyl (C=O) groups is 2. The number of thiocarbonyl (C=S) groups is 1. The second-order valence-electron chi connectivity index (χ2n) is 8.53. The first-order valence-corrected chi connectivity index (χ1v) is 13.1. The van der Waals surface area contributed by atoms with Gasteiger partial charge in [-0.05, 0) is 66.2 Å². The molecule has 1 amide bonds. The molecule has 0 radical (unpaired) electrons. The highest BCUT2D eigenvalue weighted by molar-refractivity contribution is 9.10. The Kier molecular flexibility index (Phi) is 8.72. The third-order valence-corrected chi connectivity index (χ3v) is 6.93. The number of halogens is 1. The van der Waals surface area contributed by atoms with Gasteiger partial charge in [0.1, 0.15) is 24.6 Å². The van der Waals surface area contributed by atoms with E-state index < -0.39 is 16.8 Å². The largest absolute Gasteiger partial charge is 0.488 e. The van der Waals surface area contributed by atoms with E-state index in [1.807, 2.05) is 31.2 Å². The molecule has 0 saturated carbocycles. The summed E-state index contributed by atoms with van der Waals surface area (Å²) in [7, 11) is 1.27. The molecular weight excluding hydrogens is 586 g/mol. The topological polar surface area (TPSA) is 102 Å². The smallest absolute Gasteiger partial charge is 0.325 e. The molecule has 1 saturated heterocycles. The van der Waals surface area contributed by atoms with Crippen molar-refractivity contribution in [3.8, 4) is 5.75 Å². The number of methoxy groups -OCH3 is 1.